The minimum Gasteiger partial charge on any atom is -0.544 e. The van der Waals surface area contributed by atoms with Gasteiger partial charge in [0.15, 0.2) is 0 Å². The molecule has 0 saturated carbocycles. The van der Waals surface area contributed by atoms with Crippen molar-refractivity contribution in [1.82, 2.24) is 0 Å². The molecule has 0 aliphatic carbocycles. The summed E-state index contributed by atoms with van der Waals surface area (Å²) >= 11 is 0. The van der Waals surface area contributed by atoms with Crippen LogP contribution in [0.25, 0.3) is 0 Å². The van der Waals surface area contributed by atoms with Gasteiger partial charge in [-0.2, -0.15) is 0 Å². The van der Waals surface area contributed by atoms with Crippen LogP contribution in [-0.4, -0.2) is 29.0 Å². The monoisotopic (exact) mass is 363 g/mol. The van der Waals surface area contributed by atoms with Crippen molar-refractivity contribution in [3.63, 3.8) is 0 Å². The highest BCUT2D eigenvalue weighted by atomic mass is 16.4. The minimum atomic E-state index is -1.09. The second-order valence-electron chi connectivity index (χ2n) is 7.32. The first-order valence-corrected chi connectivity index (χ1v) is 10.3. The van der Waals surface area contributed by atoms with E-state index in [1.807, 2.05) is 6.92 Å². The van der Waals surface area contributed by atoms with E-state index in [1.165, 1.54) is 44.9 Å². The molecule has 0 radical (unpaired) electrons. The minimum absolute atomic E-state index is 0.100. The van der Waals surface area contributed by atoms with E-state index in [9.17, 15) is 9.90 Å². The summed E-state index contributed by atoms with van der Waals surface area (Å²) in [5.41, 5.74) is 6.05. The number of carboxylic acid groups (broad SMARTS) is 1. The number of allylic oxidation sites excluding steroid dienone is 2. The van der Waals surface area contributed by atoms with Crippen molar-refractivity contribution >= 4 is 11.8 Å². The van der Waals surface area contributed by atoms with Crippen molar-refractivity contribution in [1.29, 1.82) is 0 Å². The molecule has 0 aromatic heterocycles. The Morgan fingerprint density at radius 3 is 2.35 bits per heavy atom. The van der Waals surface area contributed by atoms with E-state index in [2.05, 4.69) is 24.1 Å². The fourth-order valence-electron chi connectivity index (χ4n) is 3.40. The van der Waals surface area contributed by atoms with Gasteiger partial charge in [0.25, 0.3) is 0 Å². The molecule has 2 unspecified atom stereocenters. The number of amidine groups is 1. The fourth-order valence-corrected chi connectivity index (χ4v) is 3.40. The number of nitrogens with two attached hydrogens (primary N) is 1. The normalized spacial score (nSPS) is 20.7. The molecule has 26 heavy (non-hydrogen) atoms. The van der Waals surface area contributed by atoms with E-state index in [0.717, 1.165) is 31.5 Å². The summed E-state index contributed by atoms with van der Waals surface area (Å²) in [5.74, 6) is -0.251. The average molecular weight is 364 g/mol. The first kappa shape index (κ1) is 22.6. The molecular weight excluding hydrogens is 326 g/mol. The van der Waals surface area contributed by atoms with E-state index in [1.54, 1.807) is 12.4 Å². The Morgan fingerprint density at radius 1 is 1.15 bits per heavy atom. The van der Waals surface area contributed by atoms with Crippen molar-refractivity contribution in [3.8, 4) is 0 Å². The number of aliphatic carboxylic acids is 1. The SMILES string of the molecule is CCCCCC/C=C/CCCCCCC1=NC=C[N+]1(CC(=O)[O-])C(C)N. The summed E-state index contributed by atoms with van der Waals surface area (Å²) in [6.45, 7) is 3.92. The van der Waals surface area contributed by atoms with Gasteiger partial charge in [0.05, 0.1) is 12.2 Å². The Balaban J connectivity index is 2.17. The molecule has 0 amide bonds. The second-order valence-corrected chi connectivity index (χ2v) is 7.32. The first-order valence-electron chi connectivity index (χ1n) is 10.3. The summed E-state index contributed by atoms with van der Waals surface area (Å²) in [6.07, 6.45) is 20.8. The van der Waals surface area contributed by atoms with Gasteiger partial charge in [0.1, 0.15) is 18.9 Å². The van der Waals surface area contributed by atoms with Crippen molar-refractivity contribution in [2.75, 3.05) is 6.54 Å². The average Bonchev–Trinajstić information content (AvgIpc) is 2.99. The van der Waals surface area contributed by atoms with Crippen LogP contribution in [0.3, 0.4) is 0 Å². The Bertz CT molecular complexity index is 497. The van der Waals surface area contributed by atoms with Crippen molar-refractivity contribution in [3.05, 3.63) is 24.6 Å². The lowest BCUT2D eigenvalue weighted by Crippen LogP contribution is -2.60. The Hall–Kier alpha value is -1.46. The molecule has 0 aromatic rings. The molecule has 2 atom stereocenters. The highest BCUT2D eigenvalue weighted by molar-refractivity contribution is 5.81. The van der Waals surface area contributed by atoms with Gasteiger partial charge in [-0.3, -0.25) is 5.73 Å². The zero-order valence-corrected chi connectivity index (χ0v) is 16.7. The summed E-state index contributed by atoms with van der Waals surface area (Å²) < 4.78 is 0.100. The molecule has 1 rings (SSSR count). The number of carbonyl (C=O) groups is 1. The molecule has 0 saturated heterocycles. The van der Waals surface area contributed by atoms with Crippen molar-refractivity contribution < 1.29 is 14.4 Å². The van der Waals surface area contributed by atoms with Gasteiger partial charge in [-0.1, -0.05) is 51.2 Å². The van der Waals surface area contributed by atoms with Crippen LogP contribution in [0.1, 0.15) is 84.5 Å². The molecular formula is C21H37N3O2. The fraction of sp³-hybridized carbons (Fsp3) is 0.714. The maximum Gasteiger partial charge on any atom is 0.209 e. The van der Waals surface area contributed by atoms with Gasteiger partial charge in [-0.25, -0.2) is 9.48 Å². The lowest BCUT2D eigenvalue weighted by atomic mass is 10.1. The van der Waals surface area contributed by atoms with Crippen LogP contribution in [0.4, 0.5) is 0 Å². The van der Waals surface area contributed by atoms with E-state index in [4.69, 9.17) is 5.73 Å². The van der Waals surface area contributed by atoms with Gasteiger partial charge in [0, 0.05) is 13.3 Å². The van der Waals surface area contributed by atoms with Gasteiger partial charge >= 0.3 is 0 Å². The summed E-state index contributed by atoms with van der Waals surface area (Å²) in [7, 11) is 0. The van der Waals surface area contributed by atoms with E-state index in [0.29, 0.717) is 0 Å². The summed E-state index contributed by atoms with van der Waals surface area (Å²) in [4.78, 5) is 15.5. The van der Waals surface area contributed by atoms with E-state index in [-0.39, 0.29) is 17.2 Å². The third kappa shape index (κ3) is 7.83. The Labute approximate surface area is 159 Å². The highest BCUT2D eigenvalue weighted by Crippen LogP contribution is 2.23. The molecule has 0 fully saturated rings. The third-order valence-electron chi connectivity index (χ3n) is 5.07. The van der Waals surface area contributed by atoms with Crippen LogP contribution < -0.4 is 10.8 Å². The van der Waals surface area contributed by atoms with Crippen LogP contribution in [-0.2, 0) is 4.79 Å². The molecule has 5 nitrogen and oxygen atoms in total. The predicted octanol–water partition coefficient (Wildman–Crippen LogP) is 3.61. The summed E-state index contributed by atoms with van der Waals surface area (Å²) in [6, 6.07) is 0. The van der Waals surface area contributed by atoms with Crippen LogP contribution in [0, 0.1) is 0 Å². The number of aliphatic imine (C=N–C) groups is 1. The highest BCUT2D eigenvalue weighted by Gasteiger charge is 2.38. The lowest BCUT2D eigenvalue weighted by molar-refractivity contribution is -0.808. The Morgan fingerprint density at radius 2 is 1.77 bits per heavy atom. The van der Waals surface area contributed by atoms with Crippen LogP contribution >= 0.6 is 0 Å². The molecule has 2 N–H and O–H groups in total. The quantitative estimate of drug-likeness (QED) is 0.274. The maximum atomic E-state index is 11.1. The molecule has 0 aromatic carbocycles. The number of nitrogens with zero attached hydrogens (tertiary/aromatic N) is 2. The van der Waals surface area contributed by atoms with Gasteiger partial charge < -0.3 is 9.90 Å². The van der Waals surface area contributed by atoms with Crippen molar-refractivity contribution in [2.24, 2.45) is 10.7 Å². The number of carbonyl (C=O) groups excluding carboxylic acids is 1. The van der Waals surface area contributed by atoms with Crippen LogP contribution in [0.5, 0.6) is 0 Å². The lowest BCUT2D eigenvalue weighted by Gasteiger charge is -2.36. The number of rotatable bonds is 15. The zero-order valence-electron chi connectivity index (χ0n) is 16.7. The molecule has 5 heteroatoms. The van der Waals surface area contributed by atoms with Gasteiger partial charge in [-0.05, 0) is 32.1 Å². The molecule has 0 bridgehead atoms. The number of hydrogen-bond donors (Lipinski definition) is 1. The van der Waals surface area contributed by atoms with Crippen LogP contribution in [0.2, 0.25) is 0 Å². The number of quaternary nitrogens is 1. The largest absolute Gasteiger partial charge is 0.544 e. The molecule has 1 heterocycles. The number of carboxylic acids is 1. The third-order valence-corrected chi connectivity index (χ3v) is 5.07. The Kier molecular flexibility index (Phi) is 11.1. The van der Waals surface area contributed by atoms with Crippen molar-refractivity contribution in [2.45, 2.75) is 90.6 Å². The van der Waals surface area contributed by atoms with Crippen LogP contribution in [0.15, 0.2) is 29.5 Å². The van der Waals surface area contributed by atoms with E-state index < -0.39 is 5.97 Å². The van der Waals surface area contributed by atoms with Gasteiger partial charge in [0.2, 0.25) is 5.84 Å². The van der Waals surface area contributed by atoms with Gasteiger partial charge in [-0.15, -0.1) is 0 Å². The smallest absolute Gasteiger partial charge is 0.209 e. The summed E-state index contributed by atoms with van der Waals surface area (Å²) in [5, 5.41) is 11.1. The standard InChI is InChI=1S/C21H37N3O2/c1-3-4-5-6-7-8-9-10-11-12-13-14-15-20-23-16-17-24(20,19(2)22)18-21(25)26/h8-9,16-17,19H,3-7,10-15,18,22H2,1-2H3/b9-8+. The molecule has 0 spiro atoms. The number of hydrogen-bond acceptors (Lipinski definition) is 4. The first-order chi connectivity index (χ1) is 12.5. The van der Waals surface area contributed by atoms with E-state index >= 15 is 0 Å². The maximum absolute atomic E-state index is 11.1. The number of unbranched alkanes of at least 4 members (excludes halogenated alkanes) is 8. The topological polar surface area (TPSA) is 78.5 Å². The second kappa shape index (κ2) is 12.8. The molecule has 148 valence electrons. The zero-order chi connectivity index (χ0) is 19.3. The molecule has 1 aliphatic heterocycles. The predicted molar refractivity (Wildman–Crippen MR) is 106 cm³/mol. The molecule has 1 aliphatic rings.